The topological polar surface area (TPSA) is 28.2 Å². The fourth-order valence-electron chi connectivity index (χ4n) is 3.01. The number of para-hydroxylation sites is 1. The zero-order chi connectivity index (χ0) is 14.9. The van der Waals surface area contributed by atoms with Gasteiger partial charge in [0.05, 0.1) is 11.2 Å². The summed E-state index contributed by atoms with van der Waals surface area (Å²) in [6.45, 7) is 10.0. The quantitative estimate of drug-likeness (QED) is 0.935. The Kier molecular flexibility index (Phi) is 3.85. The molecule has 0 spiro atoms. The monoisotopic (exact) mass is 283 g/mol. The second-order valence-corrected chi connectivity index (χ2v) is 7.08. The first kappa shape index (κ1) is 14.3. The average molecular weight is 283 g/mol. The van der Waals surface area contributed by atoms with Gasteiger partial charge in [-0.2, -0.15) is 0 Å². The first-order valence-corrected chi connectivity index (χ1v) is 7.87. The third-order valence-electron chi connectivity index (χ3n) is 4.16. The molecular formula is C18H25N3. The summed E-state index contributed by atoms with van der Waals surface area (Å²) in [5.74, 6) is 0.725. The number of hydrogen-bond donors (Lipinski definition) is 1. The van der Waals surface area contributed by atoms with Crippen LogP contribution in [0.1, 0.15) is 27.2 Å². The molecule has 3 nitrogen and oxygen atoms in total. The van der Waals surface area contributed by atoms with E-state index in [9.17, 15) is 0 Å². The standard InChI is InChI=1S/C18H25N3/c1-18(2,3)20-12-14-9-11-21(13-14)16-8-4-6-15-7-5-10-19-17(15)16/h4-8,10,14,20H,9,11-13H2,1-3H3. The summed E-state index contributed by atoms with van der Waals surface area (Å²) in [7, 11) is 0. The van der Waals surface area contributed by atoms with Gasteiger partial charge < -0.3 is 10.2 Å². The minimum atomic E-state index is 0.203. The average Bonchev–Trinajstić information content (AvgIpc) is 2.92. The second kappa shape index (κ2) is 5.64. The van der Waals surface area contributed by atoms with Crippen LogP contribution in [0.25, 0.3) is 10.9 Å². The van der Waals surface area contributed by atoms with Gasteiger partial charge in [-0.05, 0) is 45.2 Å². The van der Waals surface area contributed by atoms with Gasteiger partial charge in [-0.1, -0.05) is 18.2 Å². The van der Waals surface area contributed by atoms with Crippen LogP contribution in [0.4, 0.5) is 5.69 Å². The minimum Gasteiger partial charge on any atom is -0.369 e. The van der Waals surface area contributed by atoms with Crippen LogP contribution in [0.5, 0.6) is 0 Å². The highest BCUT2D eigenvalue weighted by molar-refractivity contribution is 5.90. The Labute approximate surface area is 127 Å². The largest absolute Gasteiger partial charge is 0.369 e. The van der Waals surface area contributed by atoms with E-state index in [-0.39, 0.29) is 5.54 Å². The molecule has 0 bridgehead atoms. The number of anilines is 1. The number of nitrogens with one attached hydrogen (secondary N) is 1. The highest BCUT2D eigenvalue weighted by Crippen LogP contribution is 2.29. The SMILES string of the molecule is CC(C)(C)NCC1CCN(c2cccc3cccnc23)C1. The van der Waals surface area contributed by atoms with Crippen LogP contribution in [0.3, 0.4) is 0 Å². The molecular weight excluding hydrogens is 258 g/mol. The Morgan fingerprint density at radius 2 is 2.05 bits per heavy atom. The van der Waals surface area contributed by atoms with Gasteiger partial charge in [-0.3, -0.25) is 4.98 Å². The fourth-order valence-corrected chi connectivity index (χ4v) is 3.01. The van der Waals surface area contributed by atoms with Crippen LogP contribution in [-0.4, -0.2) is 30.2 Å². The van der Waals surface area contributed by atoms with Gasteiger partial charge in [0, 0.05) is 36.8 Å². The molecule has 1 aliphatic heterocycles. The van der Waals surface area contributed by atoms with E-state index in [2.05, 4.69) is 60.2 Å². The fraction of sp³-hybridized carbons (Fsp3) is 0.500. The van der Waals surface area contributed by atoms with Crippen molar-refractivity contribution in [1.29, 1.82) is 0 Å². The Morgan fingerprint density at radius 3 is 2.86 bits per heavy atom. The van der Waals surface area contributed by atoms with E-state index < -0.39 is 0 Å². The number of pyridine rings is 1. The van der Waals surface area contributed by atoms with Crippen LogP contribution in [0, 0.1) is 5.92 Å². The Hall–Kier alpha value is -1.61. The lowest BCUT2D eigenvalue weighted by Gasteiger charge is -2.24. The lowest BCUT2D eigenvalue weighted by Crippen LogP contribution is -2.39. The van der Waals surface area contributed by atoms with Crippen molar-refractivity contribution in [2.45, 2.75) is 32.7 Å². The van der Waals surface area contributed by atoms with Crippen molar-refractivity contribution >= 4 is 16.6 Å². The molecule has 112 valence electrons. The van der Waals surface area contributed by atoms with Gasteiger partial charge >= 0.3 is 0 Å². The summed E-state index contributed by atoms with van der Waals surface area (Å²) in [4.78, 5) is 7.07. The number of aromatic nitrogens is 1. The summed E-state index contributed by atoms with van der Waals surface area (Å²) in [5, 5.41) is 4.86. The number of benzene rings is 1. The molecule has 1 N–H and O–H groups in total. The molecule has 21 heavy (non-hydrogen) atoms. The van der Waals surface area contributed by atoms with E-state index in [0.717, 1.165) is 31.1 Å². The Bertz CT molecular complexity index is 610. The molecule has 1 aromatic carbocycles. The molecule has 0 saturated carbocycles. The number of hydrogen-bond acceptors (Lipinski definition) is 3. The first-order valence-electron chi connectivity index (χ1n) is 7.87. The molecule has 0 radical (unpaired) electrons. The van der Waals surface area contributed by atoms with Gasteiger partial charge in [-0.15, -0.1) is 0 Å². The van der Waals surface area contributed by atoms with E-state index in [0.29, 0.717) is 0 Å². The smallest absolute Gasteiger partial charge is 0.0935 e. The minimum absolute atomic E-state index is 0.203. The molecule has 1 atom stereocenters. The van der Waals surface area contributed by atoms with Gasteiger partial charge in [0.15, 0.2) is 0 Å². The third-order valence-corrected chi connectivity index (χ3v) is 4.16. The lowest BCUT2D eigenvalue weighted by atomic mass is 10.1. The van der Waals surface area contributed by atoms with Crippen molar-refractivity contribution in [1.82, 2.24) is 10.3 Å². The Morgan fingerprint density at radius 1 is 1.24 bits per heavy atom. The normalized spacial score (nSPS) is 19.4. The number of fused-ring (bicyclic) bond motifs is 1. The maximum Gasteiger partial charge on any atom is 0.0935 e. The maximum absolute atomic E-state index is 4.58. The number of nitrogens with zero attached hydrogens (tertiary/aromatic N) is 2. The van der Waals surface area contributed by atoms with E-state index in [1.54, 1.807) is 0 Å². The molecule has 1 saturated heterocycles. The van der Waals surface area contributed by atoms with Crippen LogP contribution in [0.2, 0.25) is 0 Å². The predicted molar refractivity (Wildman–Crippen MR) is 89.8 cm³/mol. The predicted octanol–water partition coefficient (Wildman–Crippen LogP) is 3.45. The zero-order valence-corrected chi connectivity index (χ0v) is 13.3. The summed E-state index contributed by atoms with van der Waals surface area (Å²) in [6, 6.07) is 10.6. The van der Waals surface area contributed by atoms with Crippen LogP contribution in [0.15, 0.2) is 36.5 Å². The summed E-state index contributed by atoms with van der Waals surface area (Å²) in [6.07, 6.45) is 3.15. The van der Waals surface area contributed by atoms with E-state index in [1.165, 1.54) is 17.5 Å². The van der Waals surface area contributed by atoms with E-state index in [4.69, 9.17) is 0 Å². The molecule has 1 fully saturated rings. The van der Waals surface area contributed by atoms with Crippen molar-refractivity contribution in [3.05, 3.63) is 36.5 Å². The molecule has 3 heteroatoms. The van der Waals surface area contributed by atoms with Gasteiger partial charge in [0.25, 0.3) is 0 Å². The van der Waals surface area contributed by atoms with Gasteiger partial charge in [0.2, 0.25) is 0 Å². The molecule has 1 unspecified atom stereocenters. The third kappa shape index (κ3) is 3.35. The van der Waals surface area contributed by atoms with Crippen molar-refractivity contribution in [2.75, 3.05) is 24.5 Å². The van der Waals surface area contributed by atoms with Crippen molar-refractivity contribution in [3.8, 4) is 0 Å². The highest BCUT2D eigenvalue weighted by Gasteiger charge is 2.25. The molecule has 1 aliphatic rings. The van der Waals surface area contributed by atoms with Crippen LogP contribution >= 0.6 is 0 Å². The molecule has 0 amide bonds. The van der Waals surface area contributed by atoms with E-state index in [1.807, 2.05) is 12.3 Å². The number of rotatable bonds is 3. The zero-order valence-electron chi connectivity index (χ0n) is 13.3. The van der Waals surface area contributed by atoms with Crippen LogP contribution < -0.4 is 10.2 Å². The van der Waals surface area contributed by atoms with Crippen LogP contribution in [-0.2, 0) is 0 Å². The van der Waals surface area contributed by atoms with Crippen molar-refractivity contribution < 1.29 is 0 Å². The summed E-state index contributed by atoms with van der Waals surface area (Å²) < 4.78 is 0. The molecule has 2 heterocycles. The summed E-state index contributed by atoms with van der Waals surface area (Å²) >= 11 is 0. The van der Waals surface area contributed by atoms with E-state index >= 15 is 0 Å². The molecule has 3 rings (SSSR count). The summed E-state index contributed by atoms with van der Waals surface area (Å²) in [5.41, 5.74) is 2.62. The molecule has 0 aliphatic carbocycles. The van der Waals surface area contributed by atoms with Crippen molar-refractivity contribution in [2.24, 2.45) is 5.92 Å². The first-order chi connectivity index (χ1) is 10.0. The lowest BCUT2D eigenvalue weighted by molar-refractivity contribution is 0.383. The highest BCUT2D eigenvalue weighted by atomic mass is 15.2. The Balaban J connectivity index is 1.73. The maximum atomic E-state index is 4.58. The molecule has 2 aromatic rings. The van der Waals surface area contributed by atoms with Crippen molar-refractivity contribution in [3.63, 3.8) is 0 Å². The van der Waals surface area contributed by atoms with Gasteiger partial charge in [0.1, 0.15) is 0 Å². The van der Waals surface area contributed by atoms with Gasteiger partial charge in [-0.25, -0.2) is 0 Å². The molecule has 1 aromatic heterocycles. The second-order valence-electron chi connectivity index (χ2n) is 7.08.